The number of benzene rings is 1. The van der Waals surface area contributed by atoms with Crippen LogP contribution < -0.4 is 5.32 Å². The Morgan fingerprint density at radius 2 is 2.37 bits per heavy atom. The van der Waals surface area contributed by atoms with Crippen molar-refractivity contribution in [1.82, 2.24) is 8.75 Å². The van der Waals surface area contributed by atoms with Gasteiger partial charge in [0.15, 0.2) is 0 Å². The summed E-state index contributed by atoms with van der Waals surface area (Å²) in [5.74, 6) is 0.310. The summed E-state index contributed by atoms with van der Waals surface area (Å²) in [5, 5.41) is 11.9. The molecule has 0 aliphatic heterocycles. The first-order valence-electron chi connectivity index (χ1n) is 5.94. The van der Waals surface area contributed by atoms with Crippen molar-refractivity contribution in [3.8, 4) is 0 Å². The van der Waals surface area contributed by atoms with E-state index in [9.17, 15) is 4.79 Å². The van der Waals surface area contributed by atoms with Crippen LogP contribution in [0.3, 0.4) is 0 Å². The molecule has 0 saturated heterocycles. The average Bonchev–Trinajstić information content (AvgIpc) is 2.86. The molecule has 1 amide bonds. The Balaban J connectivity index is 1.93. The van der Waals surface area contributed by atoms with Gasteiger partial charge < -0.3 is 10.4 Å². The van der Waals surface area contributed by atoms with Crippen molar-refractivity contribution >= 4 is 46.1 Å². The van der Waals surface area contributed by atoms with E-state index in [-0.39, 0.29) is 17.8 Å². The lowest BCUT2D eigenvalue weighted by atomic mass is 10.2. The van der Waals surface area contributed by atoms with Crippen molar-refractivity contribution in [2.45, 2.75) is 18.6 Å². The van der Waals surface area contributed by atoms with Crippen molar-refractivity contribution in [3.05, 3.63) is 18.2 Å². The van der Waals surface area contributed by atoms with Gasteiger partial charge >= 0.3 is 0 Å². The van der Waals surface area contributed by atoms with Crippen molar-refractivity contribution in [3.63, 3.8) is 0 Å². The molecule has 1 aromatic heterocycles. The Morgan fingerprint density at radius 3 is 3.16 bits per heavy atom. The van der Waals surface area contributed by atoms with Crippen molar-refractivity contribution in [2.75, 3.05) is 17.7 Å². The summed E-state index contributed by atoms with van der Waals surface area (Å²) < 4.78 is 8.30. The Labute approximate surface area is 119 Å². The number of anilines is 1. The number of rotatable bonds is 6. The fraction of sp³-hybridized carbons (Fsp3) is 0.417. The number of aromatic nitrogens is 2. The van der Waals surface area contributed by atoms with Crippen LogP contribution in [0, 0.1) is 0 Å². The monoisotopic (exact) mass is 297 g/mol. The standard InChI is InChI=1S/C12H15N3O2S2/c1-8(5-6-16)18-7-11(17)13-9-3-2-4-10-12(9)15-19-14-10/h2-4,8,16H,5-7H2,1H3,(H,13,17). The van der Waals surface area contributed by atoms with Gasteiger partial charge in [0.2, 0.25) is 5.91 Å². The predicted octanol–water partition coefficient (Wildman–Crippen LogP) is 2.13. The Bertz CT molecular complexity index is 559. The maximum Gasteiger partial charge on any atom is 0.234 e. The number of nitrogens with one attached hydrogen (secondary N) is 1. The van der Waals surface area contributed by atoms with Crippen LogP contribution in [0.15, 0.2) is 18.2 Å². The van der Waals surface area contributed by atoms with Crippen LogP contribution in [-0.4, -0.2) is 37.4 Å². The second kappa shape index (κ2) is 6.83. The molecule has 0 aliphatic carbocycles. The summed E-state index contributed by atoms with van der Waals surface area (Å²) >= 11 is 2.66. The Morgan fingerprint density at radius 1 is 1.53 bits per heavy atom. The molecule has 2 rings (SSSR count). The molecule has 1 heterocycles. The molecular formula is C12H15N3O2S2. The highest BCUT2D eigenvalue weighted by atomic mass is 32.2. The van der Waals surface area contributed by atoms with Gasteiger partial charge in [-0.3, -0.25) is 4.79 Å². The van der Waals surface area contributed by atoms with Gasteiger partial charge in [0.1, 0.15) is 11.0 Å². The van der Waals surface area contributed by atoms with E-state index in [0.717, 1.165) is 22.8 Å². The Kier molecular flexibility index (Phi) is 5.12. The second-order valence-corrected chi connectivity index (χ2v) is 6.07. The molecule has 2 aromatic rings. The molecule has 0 spiro atoms. The number of amides is 1. The number of aliphatic hydroxyl groups is 1. The molecule has 102 valence electrons. The Hall–Kier alpha value is -1.18. The van der Waals surface area contributed by atoms with Crippen LogP contribution in [-0.2, 0) is 4.79 Å². The molecular weight excluding hydrogens is 282 g/mol. The molecule has 1 unspecified atom stereocenters. The van der Waals surface area contributed by atoms with E-state index in [1.807, 2.05) is 25.1 Å². The number of thioether (sulfide) groups is 1. The minimum absolute atomic E-state index is 0.0599. The smallest absolute Gasteiger partial charge is 0.234 e. The van der Waals surface area contributed by atoms with E-state index >= 15 is 0 Å². The number of fused-ring (bicyclic) bond motifs is 1. The van der Waals surface area contributed by atoms with E-state index < -0.39 is 0 Å². The summed E-state index contributed by atoms with van der Waals surface area (Å²) in [7, 11) is 0. The molecule has 19 heavy (non-hydrogen) atoms. The molecule has 1 atom stereocenters. The molecule has 7 heteroatoms. The fourth-order valence-corrected chi connectivity index (χ4v) is 2.91. The van der Waals surface area contributed by atoms with E-state index in [1.165, 1.54) is 11.8 Å². The van der Waals surface area contributed by atoms with Crippen LogP contribution in [0.25, 0.3) is 11.0 Å². The SMILES string of the molecule is CC(CCO)SCC(=O)Nc1cccc2nsnc12. The van der Waals surface area contributed by atoms with Crippen LogP contribution >= 0.6 is 23.5 Å². The summed E-state index contributed by atoms with van der Waals surface area (Å²) in [4.78, 5) is 11.8. The van der Waals surface area contributed by atoms with Gasteiger partial charge in [-0.1, -0.05) is 13.0 Å². The van der Waals surface area contributed by atoms with Crippen LogP contribution in [0.4, 0.5) is 5.69 Å². The highest BCUT2D eigenvalue weighted by Crippen LogP contribution is 2.21. The van der Waals surface area contributed by atoms with Crippen molar-refractivity contribution in [1.29, 1.82) is 0 Å². The molecule has 5 nitrogen and oxygen atoms in total. The quantitative estimate of drug-likeness (QED) is 0.854. The largest absolute Gasteiger partial charge is 0.396 e. The summed E-state index contributed by atoms with van der Waals surface area (Å²) in [6.07, 6.45) is 0.698. The zero-order valence-corrected chi connectivity index (χ0v) is 12.1. The normalized spacial score (nSPS) is 12.5. The lowest BCUT2D eigenvalue weighted by Gasteiger charge is -2.09. The van der Waals surface area contributed by atoms with Gasteiger partial charge in [-0.2, -0.15) is 8.75 Å². The highest BCUT2D eigenvalue weighted by molar-refractivity contribution is 8.00. The topological polar surface area (TPSA) is 75.1 Å². The molecule has 1 aromatic carbocycles. The van der Waals surface area contributed by atoms with E-state index in [2.05, 4.69) is 14.1 Å². The first-order valence-corrected chi connectivity index (χ1v) is 7.72. The number of hydrogen-bond donors (Lipinski definition) is 2. The number of nitrogens with zero attached hydrogens (tertiary/aromatic N) is 2. The van der Waals surface area contributed by atoms with Gasteiger partial charge in [0.25, 0.3) is 0 Å². The maximum absolute atomic E-state index is 11.8. The van der Waals surface area contributed by atoms with E-state index in [4.69, 9.17) is 5.11 Å². The van der Waals surface area contributed by atoms with Gasteiger partial charge in [0, 0.05) is 11.9 Å². The minimum Gasteiger partial charge on any atom is -0.396 e. The summed E-state index contributed by atoms with van der Waals surface area (Å²) in [5.41, 5.74) is 2.23. The molecule has 0 radical (unpaired) electrons. The third-order valence-corrected chi connectivity index (χ3v) is 4.37. The molecule has 0 aliphatic rings. The van der Waals surface area contributed by atoms with Crippen LogP contribution in [0.1, 0.15) is 13.3 Å². The molecule has 2 N–H and O–H groups in total. The number of aliphatic hydroxyl groups excluding tert-OH is 1. The average molecular weight is 297 g/mol. The summed E-state index contributed by atoms with van der Waals surface area (Å²) in [6.45, 7) is 2.15. The van der Waals surface area contributed by atoms with Crippen LogP contribution in [0.2, 0.25) is 0 Å². The third-order valence-electron chi connectivity index (χ3n) is 2.59. The molecule has 0 bridgehead atoms. The van der Waals surface area contributed by atoms with Crippen molar-refractivity contribution in [2.24, 2.45) is 0 Å². The van der Waals surface area contributed by atoms with Gasteiger partial charge in [-0.25, -0.2) is 0 Å². The number of hydrogen-bond acceptors (Lipinski definition) is 6. The lowest BCUT2D eigenvalue weighted by Crippen LogP contribution is -2.16. The molecule has 0 saturated carbocycles. The number of carbonyl (C=O) groups excluding carboxylic acids is 1. The van der Waals surface area contributed by atoms with Crippen molar-refractivity contribution < 1.29 is 9.90 Å². The predicted molar refractivity (Wildman–Crippen MR) is 79.7 cm³/mol. The zero-order chi connectivity index (χ0) is 13.7. The van der Waals surface area contributed by atoms with Gasteiger partial charge in [-0.05, 0) is 18.6 Å². The zero-order valence-electron chi connectivity index (χ0n) is 10.5. The van der Waals surface area contributed by atoms with E-state index in [1.54, 1.807) is 0 Å². The first kappa shape index (κ1) is 14.2. The summed E-state index contributed by atoms with van der Waals surface area (Å²) in [6, 6.07) is 5.54. The third kappa shape index (κ3) is 3.89. The minimum atomic E-state index is -0.0599. The fourth-order valence-electron chi connectivity index (χ4n) is 1.58. The number of carbonyl (C=O) groups is 1. The van der Waals surface area contributed by atoms with Crippen LogP contribution in [0.5, 0.6) is 0 Å². The highest BCUT2D eigenvalue weighted by Gasteiger charge is 2.10. The van der Waals surface area contributed by atoms with E-state index in [0.29, 0.717) is 17.9 Å². The first-order chi connectivity index (χ1) is 9.20. The maximum atomic E-state index is 11.8. The molecule has 0 fully saturated rings. The van der Waals surface area contributed by atoms with Gasteiger partial charge in [-0.15, -0.1) is 11.8 Å². The van der Waals surface area contributed by atoms with Gasteiger partial charge in [0.05, 0.1) is 23.2 Å². The second-order valence-electron chi connectivity index (χ2n) is 4.12. The lowest BCUT2D eigenvalue weighted by molar-refractivity contribution is -0.113.